The normalized spacial score (nSPS) is 11.8. The number of allylic oxidation sites excluding steroid dienone is 1. The Hall–Kier alpha value is -5.12. The summed E-state index contributed by atoms with van der Waals surface area (Å²) in [7, 11) is 0. The Labute approximate surface area is 229 Å². The lowest BCUT2D eigenvalue weighted by Gasteiger charge is -2.15. The van der Waals surface area contributed by atoms with Crippen LogP contribution in [0.3, 0.4) is 0 Å². The number of anilines is 1. The van der Waals surface area contributed by atoms with Crippen LogP contribution in [0.15, 0.2) is 76.8 Å². The summed E-state index contributed by atoms with van der Waals surface area (Å²) in [5.74, 6) is 0.396. The van der Waals surface area contributed by atoms with Crippen LogP contribution >= 0.6 is 0 Å². The lowest BCUT2D eigenvalue weighted by Crippen LogP contribution is -2.41. The number of fused-ring (bicyclic) bond motifs is 2. The lowest BCUT2D eigenvalue weighted by atomic mass is 10.1. The van der Waals surface area contributed by atoms with Crippen LogP contribution in [0.4, 0.5) is 5.69 Å². The number of carbonyl (C=O) groups excluding carboxylic acids is 2. The molecule has 40 heavy (non-hydrogen) atoms. The van der Waals surface area contributed by atoms with E-state index in [1.54, 1.807) is 18.2 Å². The molecule has 1 aliphatic rings. The van der Waals surface area contributed by atoms with Gasteiger partial charge in [-0.3, -0.25) is 23.5 Å². The number of aryl methyl sites for hydroxylation is 2. The Morgan fingerprint density at radius 3 is 2.55 bits per heavy atom. The highest BCUT2D eigenvalue weighted by Gasteiger charge is 2.18. The third kappa shape index (κ3) is 5.24. The van der Waals surface area contributed by atoms with Crippen LogP contribution in [-0.2, 0) is 24.4 Å². The van der Waals surface area contributed by atoms with Crippen molar-refractivity contribution in [2.24, 2.45) is 0 Å². The van der Waals surface area contributed by atoms with Crippen LogP contribution in [-0.4, -0.2) is 27.7 Å². The van der Waals surface area contributed by atoms with Crippen molar-refractivity contribution in [1.29, 1.82) is 0 Å². The summed E-state index contributed by atoms with van der Waals surface area (Å²) < 4.78 is 12.9. The highest BCUT2D eigenvalue weighted by atomic mass is 16.7. The van der Waals surface area contributed by atoms with Crippen LogP contribution in [0, 0.1) is 13.8 Å². The van der Waals surface area contributed by atoms with Gasteiger partial charge in [0.1, 0.15) is 6.54 Å². The second kappa shape index (κ2) is 10.9. The summed E-state index contributed by atoms with van der Waals surface area (Å²) in [5, 5.41) is 5.87. The van der Waals surface area contributed by atoms with Gasteiger partial charge >= 0.3 is 5.69 Å². The number of carbonyl (C=O) groups is 2. The van der Waals surface area contributed by atoms with Gasteiger partial charge in [-0.05, 0) is 61.4 Å². The first-order valence-corrected chi connectivity index (χ1v) is 12.7. The molecule has 2 amide bonds. The minimum atomic E-state index is -0.675. The Bertz CT molecular complexity index is 1790. The average Bonchev–Trinajstić information content (AvgIpc) is 3.41. The molecule has 0 radical (unpaired) electrons. The van der Waals surface area contributed by atoms with E-state index in [9.17, 15) is 19.2 Å². The molecular weight excluding hydrogens is 512 g/mol. The van der Waals surface area contributed by atoms with E-state index in [0.717, 1.165) is 21.3 Å². The predicted octanol–water partition coefficient (Wildman–Crippen LogP) is 3.26. The van der Waals surface area contributed by atoms with Crippen molar-refractivity contribution in [3.8, 4) is 11.5 Å². The van der Waals surface area contributed by atoms with Crippen LogP contribution < -0.4 is 31.4 Å². The van der Waals surface area contributed by atoms with Crippen molar-refractivity contribution in [2.45, 2.75) is 33.5 Å². The molecule has 0 atom stereocenters. The van der Waals surface area contributed by atoms with Gasteiger partial charge in [-0.1, -0.05) is 29.8 Å². The Kier molecular flexibility index (Phi) is 7.24. The monoisotopic (exact) mass is 540 g/mol. The summed E-state index contributed by atoms with van der Waals surface area (Å²) in [5.41, 5.74) is 2.58. The minimum Gasteiger partial charge on any atom is -0.454 e. The quantitative estimate of drug-likeness (QED) is 0.331. The van der Waals surface area contributed by atoms with E-state index in [0.29, 0.717) is 17.2 Å². The van der Waals surface area contributed by atoms with E-state index >= 15 is 0 Å². The maximum absolute atomic E-state index is 13.4. The molecule has 4 aromatic rings. The lowest BCUT2D eigenvalue weighted by molar-refractivity contribution is -0.116. The fraction of sp³-hybridized carbons (Fsp3) is 0.200. The third-order valence-electron chi connectivity index (χ3n) is 6.65. The molecule has 1 aromatic heterocycles. The van der Waals surface area contributed by atoms with Crippen LogP contribution in [0.25, 0.3) is 10.9 Å². The van der Waals surface area contributed by atoms with Gasteiger partial charge in [-0.15, -0.1) is 6.58 Å². The van der Waals surface area contributed by atoms with E-state index in [1.807, 2.05) is 32.0 Å². The smallest absolute Gasteiger partial charge is 0.332 e. The van der Waals surface area contributed by atoms with Crippen molar-refractivity contribution < 1.29 is 19.1 Å². The second-order valence-electron chi connectivity index (χ2n) is 9.54. The van der Waals surface area contributed by atoms with Gasteiger partial charge in [0.05, 0.1) is 10.9 Å². The number of ether oxygens (including phenoxy) is 2. The van der Waals surface area contributed by atoms with E-state index in [-0.39, 0.29) is 42.9 Å². The summed E-state index contributed by atoms with van der Waals surface area (Å²) in [6, 6.07) is 15.5. The standard InChI is InChI=1S/C30H28N4O6/c1-4-11-33-29(37)22-8-7-21(28(36)31-15-20-6-10-25-26(13-20)40-17-39-25)14-24(22)34(30(33)38)16-27(35)32-23-9-5-18(2)12-19(23)3/h4-10,12-14H,1,11,15-17H2,2-3H3,(H,31,36)(H,32,35). The van der Waals surface area contributed by atoms with Gasteiger partial charge < -0.3 is 20.1 Å². The van der Waals surface area contributed by atoms with Crippen molar-refractivity contribution in [3.63, 3.8) is 0 Å². The molecule has 0 saturated heterocycles. The van der Waals surface area contributed by atoms with Crippen LogP contribution in [0.1, 0.15) is 27.0 Å². The summed E-state index contributed by atoms with van der Waals surface area (Å²) in [6.07, 6.45) is 1.44. The number of nitrogens with one attached hydrogen (secondary N) is 2. The van der Waals surface area contributed by atoms with Crippen molar-refractivity contribution in [3.05, 3.63) is 110 Å². The number of rotatable bonds is 8. The molecule has 0 spiro atoms. The number of nitrogens with zero attached hydrogens (tertiary/aromatic N) is 2. The fourth-order valence-corrected chi connectivity index (χ4v) is 4.62. The third-order valence-corrected chi connectivity index (χ3v) is 6.65. The second-order valence-corrected chi connectivity index (χ2v) is 9.54. The zero-order chi connectivity index (χ0) is 28.4. The zero-order valence-corrected chi connectivity index (χ0v) is 22.2. The molecule has 10 heteroatoms. The number of hydrogen-bond acceptors (Lipinski definition) is 6. The molecule has 0 fully saturated rings. The first-order valence-electron chi connectivity index (χ1n) is 12.7. The first-order chi connectivity index (χ1) is 19.2. The molecule has 5 rings (SSSR count). The van der Waals surface area contributed by atoms with Gasteiger partial charge in [0.2, 0.25) is 12.7 Å². The molecule has 204 valence electrons. The number of aromatic nitrogens is 2. The van der Waals surface area contributed by atoms with Gasteiger partial charge in [-0.25, -0.2) is 4.79 Å². The highest BCUT2D eigenvalue weighted by molar-refractivity contribution is 5.98. The van der Waals surface area contributed by atoms with E-state index in [2.05, 4.69) is 17.2 Å². The summed E-state index contributed by atoms with van der Waals surface area (Å²) in [4.78, 5) is 52.6. The molecule has 2 heterocycles. The minimum absolute atomic E-state index is 0.0237. The Morgan fingerprint density at radius 2 is 1.77 bits per heavy atom. The van der Waals surface area contributed by atoms with E-state index in [1.165, 1.54) is 28.8 Å². The molecule has 10 nitrogen and oxygen atoms in total. The van der Waals surface area contributed by atoms with Gasteiger partial charge in [0.15, 0.2) is 11.5 Å². The maximum Gasteiger partial charge on any atom is 0.332 e. The van der Waals surface area contributed by atoms with Crippen LogP contribution in [0.5, 0.6) is 11.5 Å². The summed E-state index contributed by atoms with van der Waals surface area (Å²) >= 11 is 0. The Morgan fingerprint density at radius 1 is 0.975 bits per heavy atom. The molecule has 0 saturated carbocycles. The van der Waals surface area contributed by atoms with Crippen molar-refractivity contribution in [1.82, 2.24) is 14.5 Å². The number of amides is 2. The molecule has 0 aliphatic carbocycles. The first kappa shape index (κ1) is 26.5. The van der Waals surface area contributed by atoms with Crippen molar-refractivity contribution >= 4 is 28.4 Å². The molecule has 3 aromatic carbocycles. The van der Waals surface area contributed by atoms with Gasteiger partial charge in [0, 0.05) is 24.3 Å². The largest absolute Gasteiger partial charge is 0.454 e. The van der Waals surface area contributed by atoms with Gasteiger partial charge in [-0.2, -0.15) is 0 Å². The molecule has 0 bridgehead atoms. The molecule has 1 aliphatic heterocycles. The SMILES string of the molecule is C=CCn1c(=O)c2ccc(C(=O)NCc3ccc4c(c3)OCO4)cc2n(CC(=O)Nc2ccc(C)cc2C)c1=O. The topological polar surface area (TPSA) is 121 Å². The molecule has 0 unspecified atom stereocenters. The van der Waals surface area contributed by atoms with E-state index in [4.69, 9.17) is 9.47 Å². The average molecular weight is 541 g/mol. The summed E-state index contributed by atoms with van der Waals surface area (Å²) in [6.45, 7) is 7.45. The number of hydrogen-bond donors (Lipinski definition) is 2. The number of benzene rings is 3. The van der Waals surface area contributed by atoms with Crippen molar-refractivity contribution in [2.75, 3.05) is 12.1 Å². The Balaban J connectivity index is 1.46. The zero-order valence-electron chi connectivity index (χ0n) is 22.2. The molecular formula is C30H28N4O6. The maximum atomic E-state index is 13.4. The predicted molar refractivity (Wildman–Crippen MR) is 151 cm³/mol. The highest BCUT2D eigenvalue weighted by Crippen LogP contribution is 2.32. The fourth-order valence-electron chi connectivity index (χ4n) is 4.62. The van der Waals surface area contributed by atoms with Crippen LogP contribution in [0.2, 0.25) is 0 Å². The molecule has 2 N–H and O–H groups in total. The van der Waals surface area contributed by atoms with Gasteiger partial charge in [0.25, 0.3) is 11.5 Å². The van der Waals surface area contributed by atoms with E-state index < -0.39 is 23.1 Å².